The molecule has 0 saturated heterocycles. The van der Waals surface area contributed by atoms with Gasteiger partial charge in [-0.1, -0.05) is 13.8 Å². The quantitative estimate of drug-likeness (QED) is 0.768. The van der Waals surface area contributed by atoms with Crippen LogP contribution >= 0.6 is 0 Å². The first-order valence-corrected chi connectivity index (χ1v) is 5.35. The zero-order valence-electron chi connectivity index (χ0n) is 9.60. The number of carbonyl (C=O) groups is 1. The van der Waals surface area contributed by atoms with Gasteiger partial charge in [0.2, 0.25) is 5.76 Å². The molecule has 16 heavy (non-hydrogen) atoms. The van der Waals surface area contributed by atoms with Crippen molar-refractivity contribution in [3.8, 4) is 5.95 Å². The molecule has 5 nitrogen and oxygen atoms in total. The number of aromatic carboxylic acids is 1. The molecule has 0 aliphatic carbocycles. The van der Waals surface area contributed by atoms with E-state index in [9.17, 15) is 4.79 Å². The molecule has 0 amide bonds. The van der Waals surface area contributed by atoms with E-state index in [1.54, 1.807) is 0 Å². The SMILES string of the molecule is CCN(CC)CCOc1ccc(C(=O)O)o1. The first-order valence-electron chi connectivity index (χ1n) is 5.35. The third kappa shape index (κ3) is 3.58. The highest BCUT2D eigenvalue weighted by Crippen LogP contribution is 2.15. The van der Waals surface area contributed by atoms with E-state index in [2.05, 4.69) is 18.7 Å². The summed E-state index contributed by atoms with van der Waals surface area (Å²) in [6, 6.07) is 2.90. The molecule has 1 heterocycles. The van der Waals surface area contributed by atoms with Crippen LogP contribution in [-0.2, 0) is 0 Å². The minimum atomic E-state index is -1.08. The number of rotatable bonds is 7. The van der Waals surface area contributed by atoms with E-state index < -0.39 is 5.97 Å². The van der Waals surface area contributed by atoms with Crippen LogP contribution in [-0.4, -0.2) is 42.2 Å². The Morgan fingerprint density at radius 1 is 1.44 bits per heavy atom. The third-order valence-corrected chi connectivity index (χ3v) is 2.34. The number of likely N-dealkylation sites (N-methyl/N-ethyl adjacent to an activating group) is 1. The second-order valence-corrected chi connectivity index (χ2v) is 3.30. The lowest BCUT2D eigenvalue weighted by atomic mass is 10.5. The Morgan fingerprint density at radius 3 is 2.62 bits per heavy atom. The van der Waals surface area contributed by atoms with Gasteiger partial charge >= 0.3 is 5.97 Å². The molecule has 5 heteroatoms. The fraction of sp³-hybridized carbons (Fsp3) is 0.545. The standard InChI is InChI=1S/C11H17NO4/c1-3-12(4-2)7-8-15-10-6-5-9(16-10)11(13)14/h5-6H,3-4,7-8H2,1-2H3,(H,13,14). The van der Waals surface area contributed by atoms with E-state index in [0.717, 1.165) is 19.6 Å². The Morgan fingerprint density at radius 2 is 2.12 bits per heavy atom. The Bertz CT molecular complexity index is 330. The van der Waals surface area contributed by atoms with Gasteiger partial charge in [0.05, 0.1) is 0 Å². The van der Waals surface area contributed by atoms with Gasteiger partial charge in [0.1, 0.15) is 6.61 Å². The van der Waals surface area contributed by atoms with Crippen molar-refractivity contribution < 1.29 is 19.1 Å². The topological polar surface area (TPSA) is 62.9 Å². The number of hydrogen-bond donors (Lipinski definition) is 1. The average molecular weight is 227 g/mol. The number of hydrogen-bond acceptors (Lipinski definition) is 4. The molecule has 0 fully saturated rings. The van der Waals surface area contributed by atoms with E-state index in [4.69, 9.17) is 14.3 Å². The Kier molecular flexibility index (Phi) is 4.85. The number of nitrogens with zero attached hydrogens (tertiary/aromatic N) is 1. The maximum Gasteiger partial charge on any atom is 0.371 e. The van der Waals surface area contributed by atoms with E-state index in [1.165, 1.54) is 12.1 Å². The van der Waals surface area contributed by atoms with Crippen LogP contribution in [0.15, 0.2) is 16.5 Å². The van der Waals surface area contributed by atoms with Gasteiger partial charge in [-0.05, 0) is 19.2 Å². The Balaban J connectivity index is 2.34. The van der Waals surface area contributed by atoms with E-state index in [0.29, 0.717) is 6.61 Å². The van der Waals surface area contributed by atoms with Crippen LogP contribution in [0.25, 0.3) is 0 Å². The third-order valence-electron chi connectivity index (χ3n) is 2.34. The first kappa shape index (κ1) is 12.6. The van der Waals surface area contributed by atoms with Crippen LogP contribution < -0.4 is 4.74 Å². The van der Waals surface area contributed by atoms with Gasteiger partial charge in [-0.3, -0.25) is 0 Å². The zero-order valence-corrected chi connectivity index (χ0v) is 9.60. The minimum Gasteiger partial charge on any atom is -0.475 e. The van der Waals surface area contributed by atoms with Crippen molar-refractivity contribution >= 4 is 5.97 Å². The van der Waals surface area contributed by atoms with Crippen molar-refractivity contribution in [2.75, 3.05) is 26.2 Å². The molecule has 0 saturated carbocycles. The molecule has 0 aromatic carbocycles. The van der Waals surface area contributed by atoms with Gasteiger partial charge in [0.25, 0.3) is 5.95 Å². The Hall–Kier alpha value is -1.49. The van der Waals surface area contributed by atoms with Gasteiger partial charge in [0, 0.05) is 12.6 Å². The van der Waals surface area contributed by atoms with Gasteiger partial charge in [0.15, 0.2) is 0 Å². The molecule has 0 spiro atoms. The molecular formula is C11H17NO4. The molecule has 90 valence electrons. The van der Waals surface area contributed by atoms with Crippen LogP contribution in [0.4, 0.5) is 0 Å². The first-order chi connectivity index (χ1) is 7.67. The van der Waals surface area contributed by atoms with Crippen LogP contribution in [0.5, 0.6) is 5.95 Å². The number of ether oxygens (including phenoxy) is 1. The molecular weight excluding hydrogens is 210 g/mol. The van der Waals surface area contributed by atoms with E-state index in [1.807, 2.05) is 0 Å². The molecule has 1 aromatic rings. The van der Waals surface area contributed by atoms with Crippen LogP contribution in [0.3, 0.4) is 0 Å². The number of furan rings is 1. The van der Waals surface area contributed by atoms with Gasteiger partial charge in [-0.2, -0.15) is 0 Å². The van der Waals surface area contributed by atoms with Crippen molar-refractivity contribution in [3.63, 3.8) is 0 Å². The molecule has 1 aromatic heterocycles. The maximum absolute atomic E-state index is 10.5. The lowest BCUT2D eigenvalue weighted by Gasteiger charge is -2.17. The van der Waals surface area contributed by atoms with E-state index in [-0.39, 0.29) is 11.7 Å². The molecule has 0 radical (unpaired) electrons. The van der Waals surface area contributed by atoms with Crippen LogP contribution in [0, 0.1) is 0 Å². The molecule has 0 aliphatic rings. The van der Waals surface area contributed by atoms with E-state index >= 15 is 0 Å². The number of carboxylic acid groups (broad SMARTS) is 1. The molecule has 1 N–H and O–H groups in total. The lowest BCUT2D eigenvalue weighted by molar-refractivity contribution is 0.0652. The summed E-state index contributed by atoms with van der Waals surface area (Å²) in [7, 11) is 0. The highest BCUT2D eigenvalue weighted by molar-refractivity contribution is 5.84. The summed E-state index contributed by atoms with van der Waals surface area (Å²) >= 11 is 0. The summed E-state index contributed by atoms with van der Waals surface area (Å²) in [5.41, 5.74) is 0. The maximum atomic E-state index is 10.5. The average Bonchev–Trinajstić information content (AvgIpc) is 2.73. The summed E-state index contributed by atoms with van der Waals surface area (Å²) in [5, 5.41) is 8.63. The van der Waals surface area contributed by atoms with Crippen LogP contribution in [0.1, 0.15) is 24.4 Å². The highest BCUT2D eigenvalue weighted by atomic mass is 16.6. The Labute approximate surface area is 94.6 Å². The van der Waals surface area contributed by atoms with Crippen LogP contribution in [0.2, 0.25) is 0 Å². The smallest absolute Gasteiger partial charge is 0.371 e. The van der Waals surface area contributed by atoms with Crippen molar-refractivity contribution in [2.24, 2.45) is 0 Å². The van der Waals surface area contributed by atoms with Crippen molar-refractivity contribution in [1.29, 1.82) is 0 Å². The van der Waals surface area contributed by atoms with Crippen molar-refractivity contribution in [2.45, 2.75) is 13.8 Å². The summed E-state index contributed by atoms with van der Waals surface area (Å²) in [4.78, 5) is 12.7. The monoisotopic (exact) mass is 227 g/mol. The summed E-state index contributed by atoms with van der Waals surface area (Å²) in [6.45, 7) is 7.40. The second kappa shape index (κ2) is 6.17. The molecule has 0 atom stereocenters. The van der Waals surface area contributed by atoms with Gasteiger partial charge in [-0.25, -0.2) is 4.79 Å². The summed E-state index contributed by atoms with van der Waals surface area (Å²) in [5.74, 6) is -0.930. The molecule has 0 aliphatic heterocycles. The summed E-state index contributed by atoms with van der Waals surface area (Å²) < 4.78 is 10.3. The predicted molar refractivity (Wildman–Crippen MR) is 59.0 cm³/mol. The molecule has 0 unspecified atom stereocenters. The molecule has 1 rings (SSSR count). The largest absolute Gasteiger partial charge is 0.475 e. The van der Waals surface area contributed by atoms with Crippen molar-refractivity contribution in [1.82, 2.24) is 4.90 Å². The molecule has 0 bridgehead atoms. The fourth-order valence-corrected chi connectivity index (χ4v) is 1.33. The minimum absolute atomic E-state index is 0.0992. The van der Waals surface area contributed by atoms with Gasteiger partial charge in [-0.15, -0.1) is 0 Å². The zero-order chi connectivity index (χ0) is 12.0. The normalized spacial score (nSPS) is 10.7. The fourth-order valence-electron chi connectivity index (χ4n) is 1.33. The lowest BCUT2D eigenvalue weighted by Crippen LogP contribution is -2.27. The summed E-state index contributed by atoms with van der Waals surface area (Å²) in [6.07, 6.45) is 0. The number of carboxylic acids is 1. The second-order valence-electron chi connectivity index (χ2n) is 3.30. The van der Waals surface area contributed by atoms with Gasteiger partial charge < -0.3 is 19.2 Å². The van der Waals surface area contributed by atoms with Crippen molar-refractivity contribution in [3.05, 3.63) is 17.9 Å². The predicted octanol–water partition coefficient (Wildman–Crippen LogP) is 1.70. The highest BCUT2D eigenvalue weighted by Gasteiger charge is 2.09.